The average Bonchev–Trinajstić information content (AvgIpc) is 2.95. The van der Waals surface area contributed by atoms with Crippen LogP contribution in [0.4, 0.5) is 8.78 Å². The number of carbonyl (C=O) groups excluding carboxylic acids is 1. The van der Waals surface area contributed by atoms with Gasteiger partial charge in [0.05, 0.1) is 17.5 Å². The molecule has 3 rings (SSSR count). The molecule has 1 unspecified atom stereocenters. The molecule has 2 fully saturated rings. The van der Waals surface area contributed by atoms with E-state index in [1.54, 1.807) is 18.2 Å². The van der Waals surface area contributed by atoms with Gasteiger partial charge in [-0.15, -0.1) is 0 Å². The maximum atomic E-state index is 13.2. The molecule has 1 aromatic carbocycles. The summed E-state index contributed by atoms with van der Waals surface area (Å²) >= 11 is 0. The molecule has 1 atom stereocenters. The van der Waals surface area contributed by atoms with E-state index in [2.05, 4.69) is 10.0 Å². The number of piperidine rings is 1. The number of sulfonamides is 1. The number of hydrogen-bond acceptors (Lipinski definition) is 4. The zero-order valence-electron chi connectivity index (χ0n) is 13.6. The summed E-state index contributed by atoms with van der Waals surface area (Å²) in [6.07, 6.45) is 0.439. The molecule has 0 radical (unpaired) electrons. The fourth-order valence-corrected chi connectivity index (χ4v) is 4.54. The van der Waals surface area contributed by atoms with Gasteiger partial charge in [0.25, 0.3) is 5.92 Å². The fourth-order valence-electron chi connectivity index (χ4n) is 3.22. The van der Waals surface area contributed by atoms with Gasteiger partial charge in [0.15, 0.2) is 0 Å². The maximum Gasteiger partial charge on any atom is 0.262 e. The highest BCUT2D eigenvalue weighted by molar-refractivity contribution is 7.89. The number of likely N-dealkylation sites (tertiary alicyclic amines) is 1. The van der Waals surface area contributed by atoms with Crippen LogP contribution in [-0.4, -0.2) is 56.9 Å². The Morgan fingerprint density at radius 2 is 1.84 bits per heavy atom. The van der Waals surface area contributed by atoms with Gasteiger partial charge < -0.3 is 4.90 Å². The first kappa shape index (κ1) is 18.2. The summed E-state index contributed by atoms with van der Waals surface area (Å²) in [5.74, 6) is -3.18. The van der Waals surface area contributed by atoms with Gasteiger partial charge in [-0.3, -0.25) is 10.1 Å². The fraction of sp³-hybridized carbons (Fsp3) is 0.562. The largest absolute Gasteiger partial charge is 0.341 e. The molecule has 0 aliphatic carbocycles. The predicted octanol–water partition coefficient (Wildman–Crippen LogP) is 0.953. The van der Waals surface area contributed by atoms with Crippen molar-refractivity contribution in [3.05, 3.63) is 30.3 Å². The van der Waals surface area contributed by atoms with Gasteiger partial charge >= 0.3 is 0 Å². The highest BCUT2D eigenvalue weighted by Gasteiger charge is 2.44. The van der Waals surface area contributed by atoms with Crippen molar-refractivity contribution in [2.45, 2.75) is 42.2 Å². The summed E-state index contributed by atoms with van der Waals surface area (Å²) in [7, 11) is -3.59. The van der Waals surface area contributed by atoms with Crippen LogP contribution in [0.2, 0.25) is 0 Å². The first-order valence-electron chi connectivity index (χ1n) is 8.24. The quantitative estimate of drug-likeness (QED) is 0.824. The lowest BCUT2D eigenvalue weighted by molar-refractivity contribution is -0.134. The summed E-state index contributed by atoms with van der Waals surface area (Å²) in [5.41, 5.74) is 0. The number of nitrogens with zero attached hydrogens (tertiary/aromatic N) is 1. The molecule has 9 heteroatoms. The summed E-state index contributed by atoms with van der Waals surface area (Å²) in [6.45, 7) is 0.228. The topological polar surface area (TPSA) is 78.5 Å². The van der Waals surface area contributed by atoms with E-state index in [1.807, 2.05) is 0 Å². The van der Waals surface area contributed by atoms with Crippen LogP contribution in [-0.2, 0) is 14.8 Å². The SMILES string of the molecule is O=C(C1CC(F)(F)CN1)N1CCC(NS(=O)(=O)c2ccccc2)CC1. The number of carbonyl (C=O) groups is 1. The Hall–Kier alpha value is -1.58. The van der Waals surface area contributed by atoms with E-state index in [4.69, 9.17) is 0 Å². The number of nitrogens with one attached hydrogen (secondary N) is 2. The second-order valence-electron chi connectivity index (χ2n) is 6.53. The molecule has 0 spiro atoms. The third-order valence-electron chi connectivity index (χ3n) is 4.59. The van der Waals surface area contributed by atoms with E-state index in [1.165, 1.54) is 17.0 Å². The molecular formula is C16H21F2N3O3S. The molecule has 2 aliphatic heterocycles. The average molecular weight is 373 g/mol. The first-order valence-corrected chi connectivity index (χ1v) is 9.73. The van der Waals surface area contributed by atoms with Crippen LogP contribution in [0.15, 0.2) is 35.2 Å². The Kier molecular flexibility index (Phi) is 5.08. The minimum absolute atomic E-state index is 0.200. The third-order valence-corrected chi connectivity index (χ3v) is 6.13. The van der Waals surface area contributed by atoms with E-state index in [-0.39, 0.29) is 16.8 Å². The summed E-state index contributed by atoms with van der Waals surface area (Å²) in [5, 5.41) is 2.56. The normalized spacial score (nSPS) is 24.4. The van der Waals surface area contributed by atoms with Gasteiger partial charge in [0, 0.05) is 25.6 Å². The lowest BCUT2D eigenvalue weighted by Crippen LogP contribution is -2.50. The summed E-state index contributed by atoms with van der Waals surface area (Å²) < 4.78 is 53.7. The number of benzene rings is 1. The van der Waals surface area contributed by atoms with Crippen molar-refractivity contribution in [2.24, 2.45) is 0 Å². The number of halogens is 2. The van der Waals surface area contributed by atoms with Crippen molar-refractivity contribution < 1.29 is 22.0 Å². The van der Waals surface area contributed by atoms with Crippen molar-refractivity contribution in [3.63, 3.8) is 0 Å². The molecule has 2 saturated heterocycles. The molecule has 1 aromatic rings. The second kappa shape index (κ2) is 6.97. The second-order valence-corrected chi connectivity index (χ2v) is 8.24. The lowest BCUT2D eigenvalue weighted by Gasteiger charge is -2.33. The molecular weight excluding hydrogens is 352 g/mol. The smallest absolute Gasteiger partial charge is 0.262 e. The van der Waals surface area contributed by atoms with Gasteiger partial charge in [-0.2, -0.15) is 0 Å². The Balaban J connectivity index is 1.53. The van der Waals surface area contributed by atoms with Crippen molar-refractivity contribution in [3.8, 4) is 0 Å². The molecule has 138 valence electrons. The zero-order chi connectivity index (χ0) is 18.1. The molecule has 2 N–H and O–H groups in total. The minimum atomic E-state index is -3.59. The van der Waals surface area contributed by atoms with Gasteiger partial charge in [-0.1, -0.05) is 18.2 Å². The number of rotatable bonds is 4. The van der Waals surface area contributed by atoms with Crippen LogP contribution in [0.5, 0.6) is 0 Å². The van der Waals surface area contributed by atoms with E-state index < -0.39 is 35.0 Å². The lowest BCUT2D eigenvalue weighted by atomic mass is 10.0. The first-order chi connectivity index (χ1) is 11.8. The van der Waals surface area contributed by atoms with Crippen LogP contribution in [0.1, 0.15) is 19.3 Å². The Morgan fingerprint density at radius 3 is 2.40 bits per heavy atom. The molecule has 1 amide bonds. The van der Waals surface area contributed by atoms with Gasteiger partial charge in [-0.25, -0.2) is 21.9 Å². The molecule has 2 aliphatic rings. The van der Waals surface area contributed by atoms with Crippen LogP contribution in [0.25, 0.3) is 0 Å². The van der Waals surface area contributed by atoms with E-state index in [9.17, 15) is 22.0 Å². The highest BCUT2D eigenvalue weighted by Crippen LogP contribution is 2.26. The number of amides is 1. The van der Waals surface area contributed by atoms with Crippen LogP contribution >= 0.6 is 0 Å². The van der Waals surface area contributed by atoms with Crippen LogP contribution < -0.4 is 10.0 Å². The molecule has 25 heavy (non-hydrogen) atoms. The van der Waals surface area contributed by atoms with Gasteiger partial charge in [0.1, 0.15) is 0 Å². The van der Waals surface area contributed by atoms with E-state index in [0.717, 1.165) is 0 Å². The van der Waals surface area contributed by atoms with Crippen molar-refractivity contribution in [2.75, 3.05) is 19.6 Å². The predicted molar refractivity (Wildman–Crippen MR) is 87.7 cm³/mol. The minimum Gasteiger partial charge on any atom is -0.341 e. The zero-order valence-corrected chi connectivity index (χ0v) is 14.4. The Bertz CT molecular complexity index is 719. The highest BCUT2D eigenvalue weighted by atomic mass is 32.2. The van der Waals surface area contributed by atoms with Gasteiger partial charge in [-0.05, 0) is 25.0 Å². The summed E-state index contributed by atoms with van der Waals surface area (Å²) in [4.78, 5) is 14.0. The van der Waals surface area contributed by atoms with Crippen LogP contribution in [0, 0.1) is 0 Å². The van der Waals surface area contributed by atoms with Crippen molar-refractivity contribution in [1.29, 1.82) is 0 Å². The van der Waals surface area contributed by atoms with E-state index >= 15 is 0 Å². The molecule has 0 bridgehead atoms. The van der Waals surface area contributed by atoms with Gasteiger partial charge in [0.2, 0.25) is 15.9 Å². The molecule has 2 heterocycles. The van der Waals surface area contributed by atoms with Crippen LogP contribution in [0.3, 0.4) is 0 Å². The number of alkyl halides is 2. The third kappa shape index (κ3) is 4.34. The Labute approximate surface area is 145 Å². The number of hydrogen-bond donors (Lipinski definition) is 2. The Morgan fingerprint density at radius 1 is 1.20 bits per heavy atom. The molecule has 0 aromatic heterocycles. The van der Waals surface area contributed by atoms with Crippen molar-refractivity contribution >= 4 is 15.9 Å². The maximum absolute atomic E-state index is 13.2. The standard InChI is InChI=1S/C16H21F2N3O3S/c17-16(18)10-14(19-11-16)15(22)21-8-6-12(7-9-21)20-25(23,24)13-4-2-1-3-5-13/h1-5,12,14,19-20H,6-11H2. The monoisotopic (exact) mass is 373 g/mol. The summed E-state index contributed by atoms with van der Waals surface area (Å²) in [6, 6.07) is 6.96. The van der Waals surface area contributed by atoms with E-state index in [0.29, 0.717) is 25.9 Å². The molecule has 6 nitrogen and oxygen atoms in total. The molecule has 0 saturated carbocycles. The van der Waals surface area contributed by atoms with Crippen molar-refractivity contribution in [1.82, 2.24) is 14.9 Å².